The third kappa shape index (κ3) is 1.85. The second-order valence-corrected chi connectivity index (χ2v) is 4.14. The van der Waals surface area contributed by atoms with E-state index in [0.717, 1.165) is 13.0 Å². The highest BCUT2D eigenvalue weighted by atomic mass is 16.6. The maximum absolute atomic E-state index is 11.5. The van der Waals surface area contributed by atoms with Crippen LogP contribution in [0.1, 0.15) is 25.7 Å². The molecule has 4 heteroatoms. The van der Waals surface area contributed by atoms with Gasteiger partial charge in [-0.3, -0.25) is 0 Å². The van der Waals surface area contributed by atoms with Crippen molar-refractivity contribution in [3.05, 3.63) is 0 Å². The van der Waals surface area contributed by atoms with Crippen molar-refractivity contribution in [2.45, 2.75) is 31.8 Å². The van der Waals surface area contributed by atoms with E-state index in [2.05, 4.69) is 0 Å². The monoisotopic (exact) mass is 199 g/mol. The van der Waals surface area contributed by atoms with Crippen molar-refractivity contribution < 1.29 is 14.6 Å². The van der Waals surface area contributed by atoms with Crippen LogP contribution < -0.4 is 0 Å². The largest absolute Gasteiger partial charge is 0.446 e. The van der Waals surface area contributed by atoms with Crippen LogP contribution in [0.3, 0.4) is 0 Å². The van der Waals surface area contributed by atoms with Gasteiger partial charge in [0.1, 0.15) is 6.10 Å². The topological polar surface area (TPSA) is 49.8 Å². The zero-order valence-electron chi connectivity index (χ0n) is 8.32. The van der Waals surface area contributed by atoms with E-state index < -0.39 is 0 Å². The molecule has 0 aromatic rings. The summed E-state index contributed by atoms with van der Waals surface area (Å²) in [4.78, 5) is 13.2. The zero-order chi connectivity index (χ0) is 9.97. The van der Waals surface area contributed by atoms with Crippen LogP contribution in [0.25, 0.3) is 0 Å². The molecule has 0 bridgehead atoms. The zero-order valence-corrected chi connectivity index (χ0v) is 8.32. The van der Waals surface area contributed by atoms with Crippen LogP contribution in [-0.4, -0.2) is 41.9 Å². The van der Waals surface area contributed by atoms with Crippen LogP contribution in [0.15, 0.2) is 0 Å². The quantitative estimate of drug-likeness (QED) is 0.737. The Hall–Kier alpha value is -0.770. The lowest BCUT2D eigenvalue weighted by molar-refractivity contribution is 0.000793. The van der Waals surface area contributed by atoms with Crippen LogP contribution in [0.5, 0.6) is 0 Å². The molecular weight excluding hydrogens is 182 g/mol. The van der Waals surface area contributed by atoms with Crippen LogP contribution in [-0.2, 0) is 4.74 Å². The van der Waals surface area contributed by atoms with Crippen LogP contribution in [0.2, 0.25) is 0 Å². The highest BCUT2D eigenvalue weighted by Gasteiger charge is 2.38. The summed E-state index contributed by atoms with van der Waals surface area (Å²) < 4.78 is 5.33. The smallest absolute Gasteiger partial charge is 0.410 e. The Kier molecular flexibility index (Phi) is 2.91. The molecule has 0 aromatic carbocycles. The van der Waals surface area contributed by atoms with Gasteiger partial charge >= 0.3 is 6.09 Å². The minimum Gasteiger partial charge on any atom is -0.446 e. The Morgan fingerprint density at radius 2 is 2.36 bits per heavy atom. The summed E-state index contributed by atoms with van der Waals surface area (Å²) in [5, 5.41) is 8.69. The van der Waals surface area contributed by atoms with E-state index in [9.17, 15) is 4.79 Å². The molecule has 2 unspecified atom stereocenters. The standard InChI is InChI=1S/C10H17NO3/c12-6-2-5-11-7-8-3-1-4-9(8)14-10(11)13/h8-9,12H,1-7H2. The van der Waals surface area contributed by atoms with E-state index in [1.165, 1.54) is 12.8 Å². The Bertz CT molecular complexity index is 219. The molecule has 1 aliphatic heterocycles. The molecule has 1 amide bonds. The van der Waals surface area contributed by atoms with Crippen molar-refractivity contribution in [3.8, 4) is 0 Å². The van der Waals surface area contributed by atoms with Crippen molar-refractivity contribution in [2.75, 3.05) is 19.7 Å². The van der Waals surface area contributed by atoms with Crippen molar-refractivity contribution in [3.63, 3.8) is 0 Å². The molecule has 2 rings (SSSR count). The normalized spacial score (nSPS) is 31.5. The number of rotatable bonds is 3. The summed E-state index contributed by atoms with van der Waals surface area (Å²) >= 11 is 0. The molecule has 2 aliphatic rings. The highest BCUT2D eigenvalue weighted by Crippen LogP contribution is 2.32. The second kappa shape index (κ2) is 4.17. The Morgan fingerprint density at radius 1 is 1.50 bits per heavy atom. The molecule has 1 saturated heterocycles. The SMILES string of the molecule is O=C1OC2CCCC2CN1CCCO. The van der Waals surface area contributed by atoms with Crippen molar-refractivity contribution in [1.29, 1.82) is 0 Å². The van der Waals surface area contributed by atoms with Crippen molar-refractivity contribution >= 4 is 6.09 Å². The molecule has 4 nitrogen and oxygen atoms in total. The van der Waals surface area contributed by atoms with Crippen molar-refractivity contribution in [1.82, 2.24) is 4.90 Å². The van der Waals surface area contributed by atoms with Gasteiger partial charge in [0.05, 0.1) is 0 Å². The van der Waals surface area contributed by atoms with E-state index >= 15 is 0 Å². The molecule has 2 atom stereocenters. The lowest BCUT2D eigenvalue weighted by Gasteiger charge is -2.34. The van der Waals surface area contributed by atoms with E-state index in [4.69, 9.17) is 9.84 Å². The molecular formula is C10H17NO3. The molecule has 2 fully saturated rings. The molecule has 0 aromatic heterocycles. The van der Waals surface area contributed by atoms with E-state index in [-0.39, 0.29) is 18.8 Å². The van der Waals surface area contributed by atoms with Gasteiger partial charge < -0.3 is 14.7 Å². The molecule has 1 saturated carbocycles. The lowest BCUT2D eigenvalue weighted by atomic mass is 10.0. The summed E-state index contributed by atoms with van der Waals surface area (Å²) in [5.41, 5.74) is 0. The Morgan fingerprint density at radius 3 is 3.14 bits per heavy atom. The van der Waals surface area contributed by atoms with E-state index in [0.29, 0.717) is 18.9 Å². The number of hydrogen-bond donors (Lipinski definition) is 1. The summed E-state index contributed by atoms with van der Waals surface area (Å²) in [6, 6.07) is 0. The van der Waals surface area contributed by atoms with Crippen LogP contribution in [0, 0.1) is 5.92 Å². The van der Waals surface area contributed by atoms with Gasteiger partial charge in [-0.15, -0.1) is 0 Å². The third-order valence-electron chi connectivity index (χ3n) is 3.14. The van der Waals surface area contributed by atoms with E-state index in [1.807, 2.05) is 0 Å². The Balaban J connectivity index is 1.89. The number of aliphatic hydroxyl groups excluding tert-OH is 1. The first kappa shape index (κ1) is 9.77. The van der Waals surface area contributed by atoms with Crippen LogP contribution in [0.4, 0.5) is 4.79 Å². The third-order valence-corrected chi connectivity index (χ3v) is 3.14. The fourth-order valence-electron chi connectivity index (χ4n) is 2.37. The fraction of sp³-hybridized carbons (Fsp3) is 0.900. The highest BCUT2D eigenvalue weighted by molar-refractivity contribution is 5.68. The van der Waals surface area contributed by atoms with Gasteiger partial charge in [-0.1, -0.05) is 0 Å². The second-order valence-electron chi connectivity index (χ2n) is 4.14. The minimum atomic E-state index is -0.193. The minimum absolute atomic E-state index is 0.137. The fourth-order valence-corrected chi connectivity index (χ4v) is 2.37. The predicted molar refractivity (Wildman–Crippen MR) is 50.9 cm³/mol. The lowest BCUT2D eigenvalue weighted by Crippen LogP contribution is -2.46. The molecule has 14 heavy (non-hydrogen) atoms. The first-order valence-corrected chi connectivity index (χ1v) is 5.37. The first-order valence-electron chi connectivity index (χ1n) is 5.37. The summed E-state index contributed by atoms with van der Waals surface area (Å²) in [5.74, 6) is 0.534. The maximum Gasteiger partial charge on any atom is 0.410 e. The molecule has 0 spiro atoms. The van der Waals surface area contributed by atoms with Crippen LogP contribution >= 0.6 is 0 Å². The number of carbonyl (C=O) groups excluding carboxylic acids is 1. The molecule has 80 valence electrons. The van der Waals surface area contributed by atoms with E-state index in [1.54, 1.807) is 4.90 Å². The van der Waals surface area contributed by atoms with Gasteiger partial charge in [-0.2, -0.15) is 0 Å². The van der Waals surface area contributed by atoms with Gasteiger partial charge in [0.15, 0.2) is 0 Å². The number of aliphatic hydroxyl groups is 1. The van der Waals surface area contributed by atoms with Gasteiger partial charge in [-0.05, 0) is 25.7 Å². The van der Waals surface area contributed by atoms with Crippen molar-refractivity contribution in [2.24, 2.45) is 5.92 Å². The maximum atomic E-state index is 11.5. The molecule has 1 heterocycles. The van der Waals surface area contributed by atoms with Gasteiger partial charge in [0.2, 0.25) is 0 Å². The molecule has 1 aliphatic carbocycles. The van der Waals surface area contributed by atoms with Gasteiger partial charge in [-0.25, -0.2) is 4.79 Å². The number of hydrogen-bond acceptors (Lipinski definition) is 3. The molecule has 0 radical (unpaired) electrons. The number of ether oxygens (including phenoxy) is 1. The average Bonchev–Trinajstić information content (AvgIpc) is 2.61. The molecule has 1 N–H and O–H groups in total. The number of amides is 1. The van der Waals surface area contributed by atoms with Gasteiger partial charge in [0, 0.05) is 25.6 Å². The summed E-state index contributed by atoms with van der Waals surface area (Å²) in [7, 11) is 0. The average molecular weight is 199 g/mol. The summed E-state index contributed by atoms with van der Waals surface area (Å²) in [6.07, 6.45) is 4.01. The first-order chi connectivity index (χ1) is 6.81. The number of carbonyl (C=O) groups is 1. The predicted octanol–water partition coefficient (Wildman–Crippen LogP) is 0.990. The van der Waals surface area contributed by atoms with Gasteiger partial charge in [0.25, 0.3) is 0 Å². The number of fused-ring (bicyclic) bond motifs is 1. The Labute approximate surface area is 83.8 Å². The number of nitrogens with zero attached hydrogens (tertiary/aromatic N) is 1. The summed E-state index contributed by atoms with van der Waals surface area (Å²) in [6.45, 7) is 1.58.